The molecule has 1 saturated heterocycles. The number of halogens is 3. The summed E-state index contributed by atoms with van der Waals surface area (Å²) in [5, 5.41) is 0. The smallest absolute Gasteiger partial charge is 0.303 e. The number of aromatic nitrogens is 2. The fraction of sp³-hybridized carbons (Fsp3) is 0.412. The van der Waals surface area contributed by atoms with Crippen LogP contribution < -0.4 is 0 Å². The highest BCUT2D eigenvalue weighted by Crippen LogP contribution is 2.31. The second-order valence-corrected chi connectivity index (χ2v) is 5.68. The molecule has 0 N–H and O–H groups in total. The molecule has 3 rings (SSSR count). The van der Waals surface area contributed by atoms with Gasteiger partial charge in [0.2, 0.25) is 0 Å². The van der Waals surface area contributed by atoms with Crippen LogP contribution in [-0.4, -0.2) is 34.5 Å². The van der Waals surface area contributed by atoms with Crippen LogP contribution in [-0.2, 0) is 6.18 Å². The lowest BCUT2D eigenvalue weighted by atomic mass is 10.2. The lowest BCUT2D eigenvalue weighted by molar-refractivity contribution is -0.141. The third-order valence-electron chi connectivity index (χ3n) is 3.95. The molecule has 2 heterocycles. The van der Waals surface area contributed by atoms with E-state index in [0.717, 1.165) is 19.6 Å². The van der Waals surface area contributed by atoms with Crippen molar-refractivity contribution >= 4 is 17.1 Å². The minimum absolute atomic E-state index is 0.113. The van der Waals surface area contributed by atoms with E-state index in [1.54, 1.807) is 30.3 Å². The highest BCUT2D eigenvalue weighted by molar-refractivity contribution is 5.75. The van der Waals surface area contributed by atoms with Gasteiger partial charge in [0.05, 0.1) is 16.7 Å². The molecule has 0 bridgehead atoms. The molecule has 3 nitrogen and oxygen atoms in total. The van der Waals surface area contributed by atoms with Gasteiger partial charge in [-0.2, -0.15) is 13.2 Å². The van der Waals surface area contributed by atoms with Crippen molar-refractivity contribution in [1.29, 1.82) is 0 Å². The summed E-state index contributed by atoms with van der Waals surface area (Å²) >= 11 is 0. The molecule has 0 radical (unpaired) electrons. The van der Waals surface area contributed by atoms with E-state index in [0.29, 0.717) is 11.9 Å². The van der Waals surface area contributed by atoms with Crippen LogP contribution in [0.15, 0.2) is 30.3 Å². The average Bonchev–Trinajstić information content (AvgIpc) is 3.03. The molecule has 1 aromatic carbocycles. The van der Waals surface area contributed by atoms with Crippen LogP contribution >= 0.6 is 0 Å². The maximum Gasteiger partial charge on any atom is 0.435 e. The number of benzene rings is 1. The first-order chi connectivity index (χ1) is 11.0. The molecule has 23 heavy (non-hydrogen) atoms. The van der Waals surface area contributed by atoms with Gasteiger partial charge in [0.1, 0.15) is 0 Å². The van der Waals surface area contributed by atoms with Gasteiger partial charge in [0.15, 0.2) is 5.69 Å². The van der Waals surface area contributed by atoms with E-state index in [9.17, 15) is 13.2 Å². The predicted molar refractivity (Wildman–Crippen MR) is 83.9 cm³/mol. The van der Waals surface area contributed by atoms with Gasteiger partial charge in [-0.3, -0.25) is 0 Å². The molecular formula is C17H18F3N3. The van der Waals surface area contributed by atoms with Crippen LogP contribution in [0.25, 0.3) is 17.1 Å². The average molecular weight is 321 g/mol. The highest BCUT2D eigenvalue weighted by Gasteiger charge is 2.36. The number of likely N-dealkylation sites (tertiary alicyclic amines) is 1. The Balaban J connectivity index is 1.82. The number of hydrogen-bond donors (Lipinski definition) is 0. The number of fused-ring (bicyclic) bond motifs is 1. The summed E-state index contributed by atoms with van der Waals surface area (Å²) in [6, 6.07) is 6.61. The van der Waals surface area contributed by atoms with E-state index in [1.165, 1.54) is 18.9 Å². The molecule has 0 amide bonds. The van der Waals surface area contributed by atoms with Gasteiger partial charge in [-0.1, -0.05) is 18.2 Å². The van der Waals surface area contributed by atoms with Crippen molar-refractivity contribution in [3.63, 3.8) is 0 Å². The zero-order chi connectivity index (χ0) is 16.3. The predicted octanol–water partition coefficient (Wildman–Crippen LogP) is 4.15. The Labute approximate surface area is 132 Å². The van der Waals surface area contributed by atoms with Crippen molar-refractivity contribution in [3.8, 4) is 0 Å². The Kier molecular flexibility index (Phi) is 4.61. The molecule has 0 aliphatic carbocycles. The van der Waals surface area contributed by atoms with Gasteiger partial charge in [-0.05, 0) is 50.6 Å². The molecule has 1 aliphatic rings. The van der Waals surface area contributed by atoms with E-state index in [-0.39, 0.29) is 11.2 Å². The topological polar surface area (TPSA) is 29.0 Å². The SMILES string of the molecule is FC(F)(F)c1nc2ccccc2nc1/C=C/CCN1CCCC1. The summed E-state index contributed by atoms with van der Waals surface area (Å²) in [5.74, 6) is 0. The summed E-state index contributed by atoms with van der Waals surface area (Å²) in [5.41, 5.74) is -0.306. The fourth-order valence-electron chi connectivity index (χ4n) is 2.80. The van der Waals surface area contributed by atoms with Gasteiger partial charge in [0.25, 0.3) is 0 Å². The summed E-state index contributed by atoms with van der Waals surface area (Å²) in [4.78, 5) is 10.2. The van der Waals surface area contributed by atoms with E-state index in [4.69, 9.17) is 0 Å². The largest absolute Gasteiger partial charge is 0.435 e. The number of alkyl halides is 3. The maximum absolute atomic E-state index is 13.2. The van der Waals surface area contributed by atoms with Crippen molar-refractivity contribution in [2.75, 3.05) is 19.6 Å². The molecule has 0 unspecified atom stereocenters. The Morgan fingerprint density at radius 2 is 1.70 bits per heavy atom. The van der Waals surface area contributed by atoms with E-state index < -0.39 is 11.9 Å². The second-order valence-electron chi connectivity index (χ2n) is 5.68. The first-order valence-corrected chi connectivity index (χ1v) is 7.77. The Bertz CT molecular complexity index is 704. The molecule has 2 aromatic rings. The fourth-order valence-corrected chi connectivity index (χ4v) is 2.80. The monoisotopic (exact) mass is 321 g/mol. The van der Waals surface area contributed by atoms with Crippen LogP contribution in [0.5, 0.6) is 0 Å². The van der Waals surface area contributed by atoms with Crippen LogP contribution in [0.3, 0.4) is 0 Å². The van der Waals surface area contributed by atoms with Gasteiger partial charge >= 0.3 is 6.18 Å². The third-order valence-corrected chi connectivity index (χ3v) is 3.95. The standard InChI is InChI=1S/C17H18F3N3/c18-17(19,20)16-15(9-3-4-10-23-11-5-6-12-23)21-13-7-1-2-8-14(13)22-16/h1-3,7-9H,4-6,10-12H2/b9-3+. The van der Waals surface area contributed by atoms with Crippen molar-refractivity contribution in [2.45, 2.75) is 25.4 Å². The Morgan fingerprint density at radius 3 is 2.35 bits per heavy atom. The first kappa shape index (κ1) is 15.9. The minimum atomic E-state index is -4.51. The second kappa shape index (κ2) is 6.66. The highest BCUT2D eigenvalue weighted by atomic mass is 19.4. The normalized spacial score (nSPS) is 16.7. The summed E-state index contributed by atoms with van der Waals surface area (Å²) in [6.45, 7) is 3.04. The molecule has 122 valence electrons. The van der Waals surface area contributed by atoms with E-state index in [2.05, 4.69) is 14.9 Å². The summed E-state index contributed by atoms with van der Waals surface area (Å²) < 4.78 is 39.6. The Hall–Kier alpha value is -1.95. The van der Waals surface area contributed by atoms with E-state index >= 15 is 0 Å². The van der Waals surface area contributed by atoms with Crippen LogP contribution in [0.2, 0.25) is 0 Å². The van der Waals surface area contributed by atoms with Crippen LogP contribution in [0.1, 0.15) is 30.7 Å². The minimum Gasteiger partial charge on any atom is -0.303 e. The number of hydrogen-bond acceptors (Lipinski definition) is 3. The van der Waals surface area contributed by atoms with Crippen molar-refractivity contribution < 1.29 is 13.2 Å². The first-order valence-electron chi connectivity index (χ1n) is 7.77. The summed E-state index contributed by atoms with van der Waals surface area (Å²) in [6.07, 6.45) is 1.82. The number of para-hydroxylation sites is 2. The summed E-state index contributed by atoms with van der Waals surface area (Å²) in [7, 11) is 0. The van der Waals surface area contributed by atoms with Gasteiger partial charge in [-0.25, -0.2) is 9.97 Å². The Morgan fingerprint density at radius 1 is 1.04 bits per heavy atom. The van der Waals surface area contributed by atoms with Gasteiger partial charge < -0.3 is 4.90 Å². The zero-order valence-corrected chi connectivity index (χ0v) is 12.7. The number of nitrogens with zero attached hydrogens (tertiary/aromatic N) is 3. The third kappa shape index (κ3) is 3.88. The van der Waals surface area contributed by atoms with Gasteiger partial charge in [-0.15, -0.1) is 0 Å². The van der Waals surface area contributed by atoms with Gasteiger partial charge in [0, 0.05) is 6.54 Å². The lowest BCUT2D eigenvalue weighted by Gasteiger charge is -2.12. The lowest BCUT2D eigenvalue weighted by Crippen LogP contribution is -2.19. The maximum atomic E-state index is 13.2. The number of rotatable bonds is 4. The van der Waals surface area contributed by atoms with Crippen molar-refractivity contribution in [1.82, 2.24) is 14.9 Å². The van der Waals surface area contributed by atoms with Crippen molar-refractivity contribution in [2.24, 2.45) is 0 Å². The molecule has 6 heteroatoms. The molecule has 0 atom stereocenters. The molecular weight excluding hydrogens is 303 g/mol. The van der Waals surface area contributed by atoms with Crippen molar-refractivity contribution in [3.05, 3.63) is 41.7 Å². The van der Waals surface area contributed by atoms with Crippen LogP contribution in [0.4, 0.5) is 13.2 Å². The quantitative estimate of drug-likeness (QED) is 0.847. The van der Waals surface area contributed by atoms with E-state index in [1.807, 2.05) is 0 Å². The molecule has 0 saturated carbocycles. The molecule has 1 aliphatic heterocycles. The zero-order valence-electron chi connectivity index (χ0n) is 12.7. The molecule has 0 spiro atoms. The molecule has 1 aromatic heterocycles. The van der Waals surface area contributed by atoms with Crippen LogP contribution in [0, 0.1) is 0 Å². The molecule has 1 fully saturated rings.